The summed E-state index contributed by atoms with van der Waals surface area (Å²) in [5.74, 6) is 0. The lowest BCUT2D eigenvalue weighted by Gasteiger charge is -2.04. The molecule has 0 unspecified atom stereocenters. The standard InChI is InChI=1S/C26H23N4/c1-20-8-10-27-25(14-20)26-16-22(9-11-28-26)18-30-13-12-29(19-30)17-21-6-7-23-4-2-3-5-24(23)15-21/h2-16,19H,17-18H2,1H3/q+1. The van der Waals surface area contributed by atoms with Gasteiger partial charge in [0.15, 0.2) is 0 Å². The SMILES string of the molecule is Cc1ccnc(-c2cc(Cn3cc[n+](Cc4ccc5ccccc5c4)c3)ccn2)c1. The maximum Gasteiger partial charge on any atom is 0.244 e. The number of rotatable bonds is 5. The third kappa shape index (κ3) is 3.98. The summed E-state index contributed by atoms with van der Waals surface area (Å²) >= 11 is 0. The van der Waals surface area contributed by atoms with Crippen molar-refractivity contribution in [2.75, 3.05) is 0 Å². The topological polar surface area (TPSA) is 34.6 Å². The van der Waals surface area contributed by atoms with Gasteiger partial charge in [0.2, 0.25) is 6.33 Å². The average Bonchev–Trinajstić information content (AvgIpc) is 3.20. The Balaban J connectivity index is 1.32. The summed E-state index contributed by atoms with van der Waals surface area (Å²) in [6.07, 6.45) is 10.1. The quantitative estimate of drug-likeness (QED) is 0.404. The minimum absolute atomic E-state index is 0.798. The number of benzene rings is 2. The number of pyridine rings is 2. The van der Waals surface area contributed by atoms with Crippen LogP contribution in [0.25, 0.3) is 22.2 Å². The summed E-state index contributed by atoms with van der Waals surface area (Å²) < 4.78 is 4.41. The third-order valence-corrected chi connectivity index (χ3v) is 5.29. The summed E-state index contributed by atoms with van der Waals surface area (Å²) in [7, 11) is 0. The Morgan fingerprint density at radius 3 is 2.47 bits per heavy atom. The van der Waals surface area contributed by atoms with Crippen molar-refractivity contribution < 1.29 is 4.57 Å². The zero-order chi connectivity index (χ0) is 20.3. The Morgan fingerprint density at radius 2 is 1.60 bits per heavy atom. The molecular weight excluding hydrogens is 368 g/mol. The molecule has 0 atom stereocenters. The molecule has 0 bridgehead atoms. The van der Waals surface area contributed by atoms with Gasteiger partial charge in [-0.1, -0.05) is 36.4 Å². The second-order valence-electron chi connectivity index (χ2n) is 7.71. The molecule has 0 saturated carbocycles. The first-order valence-corrected chi connectivity index (χ1v) is 10.1. The van der Waals surface area contributed by atoms with E-state index in [-0.39, 0.29) is 0 Å². The van der Waals surface area contributed by atoms with Crippen molar-refractivity contribution in [3.05, 3.63) is 115 Å². The molecular formula is C26H23N4+. The zero-order valence-corrected chi connectivity index (χ0v) is 16.9. The summed E-state index contributed by atoms with van der Waals surface area (Å²) in [4.78, 5) is 8.96. The van der Waals surface area contributed by atoms with Gasteiger partial charge in [0.1, 0.15) is 25.5 Å². The van der Waals surface area contributed by atoms with E-state index < -0.39 is 0 Å². The first-order valence-electron chi connectivity index (χ1n) is 10.1. The maximum atomic E-state index is 4.50. The Labute approximate surface area is 176 Å². The summed E-state index contributed by atoms with van der Waals surface area (Å²) in [5.41, 5.74) is 5.51. The molecule has 146 valence electrons. The number of imidazole rings is 1. The number of hydrogen-bond acceptors (Lipinski definition) is 2. The highest BCUT2D eigenvalue weighted by Crippen LogP contribution is 2.17. The Morgan fingerprint density at radius 1 is 0.800 bits per heavy atom. The first kappa shape index (κ1) is 18.3. The van der Waals surface area contributed by atoms with E-state index in [2.05, 4.69) is 105 Å². The van der Waals surface area contributed by atoms with Gasteiger partial charge in [-0.2, -0.15) is 0 Å². The monoisotopic (exact) mass is 391 g/mol. The molecule has 0 aliphatic heterocycles. The molecule has 0 aliphatic carbocycles. The molecule has 30 heavy (non-hydrogen) atoms. The van der Waals surface area contributed by atoms with E-state index in [9.17, 15) is 0 Å². The van der Waals surface area contributed by atoms with E-state index in [1.54, 1.807) is 0 Å². The molecule has 0 saturated heterocycles. The Bertz CT molecular complexity index is 1320. The molecule has 2 aromatic carbocycles. The normalized spacial score (nSPS) is 11.1. The van der Waals surface area contributed by atoms with Crippen molar-refractivity contribution in [3.63, 3.8) is 0 Å². The van der Waals surface area contributed by atoms with Crippen LogP contribution in [0.5, 0.6) is 0 Å². The van der Waals surface area contributed by atoms with Crippen molar-refractivity contribution in [3.8, 4) is 11.4 Å². The first-order chi connectivity index (χ1) is 14.7. The van der Waals surface area contributed by atoms with Gasteiger partial charge in [0.25, 0.3) is 0 Å². The Hall–Kier alpha value is -3.79. The smallest absolute Gasteiger partial charge is 0.244 e. The average molecular weight is 391 g/mol. The van der Waals surface area contributed by atoms with Crippen LogP contribution in [0.1, 0.15) is 16.7 Å². The molecule has 3 heterocycles. The number of fused-ring (bicyclic) bond motifs is 1. The predicted octanol–water partition coefficient (Wildman–Crippen LogP) is 4.79. The molecule has 0 spiro atoms. The van der Waals surface area contributed by atoms with Gasteiger partial charge in [-0.25, -0.2) is 9.13 Å². The van der Waals surface area contributed by atoms with E-state index in [0.29, 0.717) is 0 Å². The molecule has 5 rings (SSSR count). The summed E-state index contributed by atoms with van der Waals surface area (Å²) in [6, 6.07) is 23.4. The van der Waals surface area contributed by atoms with Gasteiger partial charge in [0.05, 0.1) is 11.4 Å². The lowest BCUT2D eigenvalue weighted by molar-refractivity contribution is -0.687. The van der Waals surface area contributed by atoms with E-state index in [1.807, 2.05) is 18.5 Å². The van der Waals surface area contributed by atoms with Gasteiger partial charge in [-0.15, -0.1) is 0 Å². The van der Waals surface area contributed by atoms with Crippen LogP contribution < -0.4 is 4.57 Å². The van der Waals surface area contributed by atoms with Crippen LogP contribution in [0.3, 0.4) is 0 Å². The van der Waals surface area contributed by atoms with E-state index in [0.717, 1.165) is 24.5 Å². The molecule has 0 amide bonds. The fraction of sp³-hybridized carbons (Fsp3) is 0.115. The fourth-order valence-electron chi connectivity index (χ4n) is 3.77. The van der Waals surface area contributed by atoms with Crippen molar-refractivity contribution in [2.24, 2.45) is 0 Å². The molecule has 0 aliphatic rings. The molecule has 0 radical (unpaired) electrons. The van der Waals surface area contributed by atoms with Crippen LogP contribution in [-0.2, 0) is 13.1 Å². The van der Waals surface area contributed by atoms with Crippen LogP contribution >= 0.6 is 0 Å². The molecule has 4 nitrogen and oxygen atoms in total. The number of aryl methyl sites for hydroxylation is 1. The highest BCUT2D eigenvalue weighted by atomic mass is 15.1. The molecule has 4 heteroatoms. The highest BCUT2D eigenvalue weighted by molar-refractivity contribution is 5.82. The number of nitrogens with zero attached hydrogens (tertiary/aromatic N) is 4. The number of aromatic nitrogens is 4. The van der Waals surface area contributed by atoms with Crippen LogP contribution in [0.4, 0.5) is 0 Å². The van der Waals surface area contributed by atoms with Crippen molar-refractivity contribution >= 4 is 10.8 Å². The van der Waals surface area contributed by atoms with Gasteiger partial charge in [0, 0.05) is 12.4 Å². The molecule has 3 aromatic heterocycles. The zero-order valence-electron chi connectivity index (χ0n) is 16.9. The Kier molecular flexibility index (Phi) is 4.81. The fourth-order valence-corrected chi connectivity index (χ4v) is 3.77. The van der Waals surface area contributed by atoms with Crippen molar-refractivity contribution in [1.29, 1.82) is 0 Å². The van der Waals surface area contributed by atoms with E-state index in [1.165, 1.54) is 27.5 Å². The van der Waals surface area contributed by atoms with E-state index in [4.69, 9.17) is 0 Å². The largest absolute Gasteiger partial charge is 0.255 e. The third-order valence-electron chi connectivity index (χ3n) is 5.29. The van der Waals surface area contributed by atoms with E-state index >= 15 is 0 Å². The number of hydrogen-bond donors (Lipinski definition) is 0. The van der Waals surface area contributed by atoms with Crippen LogP contribution in [0, 0.1) is 6.92 Å². The summed E-state index contributed by atoms with van der Waals surface area (Å²) in [5, 5.41) is 2.56. The van der Waals surface area contributed by atoms with Crippen molar-refractivity contribution in [1.82, 2.24) is 14.5 Å². The lowest BCUT2D eigenvalue weighted by atomic mass is 10.1. The lowest BCUT2D eigenvalue weighted by Crippen LogP contribution is -2.31. The maximum absolute atomic E-state index is 4.50. The molecule has 0 N–H and O–H groups in total. The minimum Gasteiger partial charge on any atom is -0.255 e. The second kappa shape index (κ2) is 7.91. The van der Waals surface area contributed by atoms with Gasteiger partial charge in [-0.3, -0.25) is 9.97 Å². The predicted molar refractivity (Wildman–Crippen MR) is 119 cm³/mol. The highest BCUT2D eigenvalue weighted by Gasteiger charge is 2.08. The molecule has 5 aromatic rings. The minimum atomic E-state index is 0.798. The van der Waals surface area contributed by atoms with Gasteiger partial charge in [-0.05, 0) is 64.7 Å². The van der Waals surface area contributed by atoms with Crippen LogP contribution in [0.15, 0.2) is 97.8 Å². The second-order valence-corrected chi connectivity index (χ2v) is 7.71. The van der Waals surface area contributed by atoms with Crippen LogP contribution in [-0.4, -0.2) is 14.5 Å². The van der Waals surface area contributed by atoms with Crippen molar-refractivity contribution in [2.45, 2.75) is 20.0 Å². The molecule has 0 fully saturated rings. The van der Waals surface area contributed by atoms with Crippen LogP contribution in [0.2, 0.25) is 0 Å². The van der Waals surface area contributed by atoms with Gasteiger partial charge >= 0.3 is 0 Å². The van der Waals surface area contributed by atoms with Gasteiger partial charge < -0.3 is 0 Å². The summed E-state index contributed by atoms with van der Waals surface area (Å²) in [6.45, 7) is 3.72.